The minimum atomic E-state index is -3.40. The maximum Gasteiger partial charge on any atom is 0.255 e. The molecule has 1 aliphatic rings. The van der Waals surface area contributed by atoms with Crippen molar-refractivity contribution in [2.24, 2.45) is 5.92 Å². The standard InChI is InChI=1S/C16H24N2O3S/c1-3-22(20,21)15-9-5-4-8-14(15)16(19)18-10-6-7-13(12-18)11-17-2/h4-5,8-9,13,17H,3,6-7,10-12H2,1-2H3. The Balaban J connectivity index is 2.27. The molecule has 0 spiro atoms. The monoisotopic (exact) mass is 324 g/mol. The third kappa shape index (κ3) is 3.67. The van der Waals surface area contributed by atoms with Crippen LogP contribution in [-0.4, -0.2) is 51.7 Å². The molecule has 0 aliphatic carbocycles. The predicted molar refractivity (Wildman–Crippen MR) is 86.7 cm³/mol. The average molecular weight is 324 g/mol. The van der Waals surface area contributed by atoms with E-state index >= 15 is 0 Å². The number of nitrogens with zero attached hydrogens (tertiary/aromatic N) is 1. The fourth-order valence-electron chi connectivity index (χ4n) is 2.95. The molecule has 6 heteroatoms. The van der Waals surface area contributed by atoms with Gasteiger partial charge in [0.05, 0.1) is 16.2 Å². The lowest BCUT2D eigenvalue weighted by atomic mass is 9.97. The first-order valence-electron chi connectivity index (χ1n) is 7.75. The van der Waals surface area contributed by atoms with Crippen LogP contribution in [-0.2, 0) is 9.84 Å². The minimum Gasteiger partial charge on any atom is -0.338 e. The van der Waals surface area contributed by atoms with Gasteiger partial charge in [-0.25, -0.2) is 8.42 Å². The van der Waals surface area contributed by atoms with Crippen molar-refractivity contribution < 1.29 is 13.2 Å². The minimum absolute atomic E-state index is 0.000324. The zero-order chi connectivity index (χ0) is 16.2. The van der Waals surface area contributed by atoms with Gasteiger partial charge in [-0.2, -0.15) is 0 Å². The molecular weight excluding hydrogens is 300 g/mol. The quantitative estimate of drug-likeness (QED) is 0.892. The van der Waals surface area contributed by atoms with Crippen LogP contribution in [0.4, 0.5) is 0 Å². The van der Waals surface area contributed by atoms with Crippen LogP contribution >= 0.6 is 0 Å². The Morgan fingerprint density at radius 1 is 1.36 bits per heavy atom. The summed E-state index contributed by atoms with van der Waals surface area (Å²) in [5.74, 6) is 0.255. The summed E-state index contributed by atoms with van der Waals surface area (Å²) in [6, 6.07) is 6.53. The highest BCUT2D eigenvalue weighted by Crippen LogP contribution is 2.22. The van der Waals surface area contributed by atoms with Gasteiger partial charge >= 0.3 is 0 Å². The highest BCUT2D eigenvalue weighted by atomic mass is 32.2. The van der Waals surface area contributed by atoms with E-state index < -0.39 is 9.84 Å². The predicted octanol–water partition coefficient (Wildman–Crippen LogP) is 1.55. The molecule has 1 fully saturated rings. The third-order valence-corrected chi connectivity index (χ3v) is 5.92. The van der Waals surface area contributed by atoms with Gasteiger partial charge in [-0.3, -0.25) is 4.79 Å². The fourth-order valence-corrected chi connectivity index (χ4v) is 4.03. The lowest BCUT2D eigenvalue weighted by Gasteiger charge is -2.33. The van der Waals surface area contributed by atoms with Crippen LogP contribution < -0.4 is 5.32 Å². The lowest BCUT2D eigenvalue weighted by molar-refractivity contribution is 0.0670. The summed E-state index contributed by atoms with van der Waals surface area (Å²) in [5, 5.41) is 3.15. The number of hydrogen-bond donors (Lipinski definition) is 1. The van der Waals surface area contributed by atoms with Crippen LogP contribution in [0.1, 0.15) is 30.1 Å². The summed E-state index contributed by atoms with van der Waals surface area (Å²) in [6.07, 6.45) is 2.06. The van der Waals surface area contributed by atoms with Gasteiger partial charge < -0.3 is 10.2 Å². The number of carbonyl (C=O) groups excluding carboxylic acids is 1. The summed E-state index contributed by atoms with van der Waals surface area (Å²) >= 11 is 0. The number of benzene rings is 1. The summed E-state index contributed by atoms with van der Waals surface area (Å²) in [5.41, 5.74) is 0.300. The first-order valence-corrected chi connectivity index (χ1v) is 9.40. The van der Waals surface area contributed by atoms with Crippen molar-refractivity contribution in [3.8, 4) is 0 Å². The van der Waals surface area contributed by atoms with Crippen LogP contribution in [0, 0.1) is 5.92 Å². The third-order valence-electron chi connectivity index (χ3n) is 4.13. The van der Waals surface area contributed by atoms with E-state index in [0.717, 1.165) is 19.4 Å². The first-order chi connectivity index (χ1) is 10.5. The highest BCUT2D eigenvalue weighted by Gasteiger charge is 2.27. The second-order valence-electron chi connectivity index (χ2n) is 5.72. The van der Waals surface area contributed by atoms with E-state index in [1.54, 1.807) is 30.0 Å². The number of nitrogens with one attached hydrogen (secondary N) is 1. The number of piperidine rings is 1. The molecular formula is C16H24N2O3S. The van der Waals surface area contributed by atoms with E-state index in [1.807, 2.05) is 7.05 Å². The summed E-state index contributed by atoms with van der Waals surface area (Å²) in [4.78, 5) is 14.7. The molecule has 1 amide bonds. The van der Waals surface area contributed by atoms with Crippen molar-refractivity contribution in [3.05, 3.63) is 29.8 Å². The molecule has 1 unspecified atom stereocenters. The summed E-state index contributed by atoms with van der Waals surface area (Å²) in [6.45, 7) is 3.85. The zero-order valence-electron chi connectivity index (χ0n) is 13.2. The van der Waals surface area contributed by atoms with E-state index in [1.165, 1.54) is 6.07 Å². The van der Waals surface area contributed by atoms with Crippen molar-refractivity contribution in [2.75, 3.05) is 32.4 Å². The molecule has 1 atom stereocenters. The van der Waals surface area contributed by atoms with E-state index in [2.05, 4.69) is 5.32 Å². The molecule has 0 saturated carbocycles. The Bertz CT molecular complexity index is 626. The smallest absolute Gasteiger partial charge is 0.255 e. The molecule has 1 heterocycles. The van der Waals surface area contributed by atoms with Gasteiger partial charge in [-0.15, -0.1) is 0 Å². The van der Waals surface area contributed by atoms with Crippen molar-refractivity contribution in [1.29, 1.82) is 0 Å². The highest BCUT2D eigenvalue weighted by molar-refractivity contribution is 7.91. The van der Waals surface area contributed by atoms with Gasteiger partial charge in [-0.05, 0) is 44.5 Å². The van der Waals surface area contributed by atoms with Crippen molar-refractivity contribution in [1.82, 2.24) is 10.2 Å². The van der Waals surface area contributed by atoms with Crippen LogP contribution in [0.2, 0.25) is 0 Å². The van der Waals surface area contributed by atoms with E-state index in [-0.39, 0.29) is 16.6 Å². The molecule has 22 heavy (non-hydrogen) atoms. The van der Waals surface area contributed by atoms with Crippen LogP contribution in [0.3, 0.4) is 0 Å². The summed E-state index contributed by atoms with van der Waals surface area (Å²) < 4.78 is 24.4. The van der Waals surface area contributed by atoms with E-state index in [0.29, 0.717) is 24.6 Å². The van der Waals surface area contributed by atoms with Crippen LogP contribution in [0.5, 0.6) is 0 Å². The van der Waals surface area contributed by atoms with Crippen molar-refractivity contribution in [3.63, 3.8) is 0 Å². The second-order valence-corrected chi connectivity index (χ2v) is 7.96. The van der Waals surface area contributed by atoms with E-state index in [4.69, 9.17) is 0 Å². The Hall–Kier alpha value is -1.40. The molecule has 1 aromatic rings. The number of hydrogen-bond acceptors (Lipinski definition) is 4. The van der Waals surface area contributed by atoms with Crippen molar-refractivity contribution >= 4 is 15.7 Å². The lowest BCUT2D eigenvalue weighted by Crippen LogP contribution is -2.42. The van der Waals surface area contributed by atoms with E-state index in [9.17, 15) is 13.2 Å². The number of rotatable bonds is 5. The second kappa shape index (κ2) is 7.24. The molecule has 1 aromatic carbocycles. The zero-order valence-corrected chi connectivity index (χ0v) is 14.0. The van der Waals surface area contributed by atoms with Crippen LogP contribution in [0.15, 0.2) is 29.2 Å². The van der Waals surface area contributed by atoms with Crippen LogP contribution in [0.25, 0.3) is 0 Å². The first kappa shape index (κ1) is 17.0. The molecule has 1 aliphatic heterocycles. The number of likely N-dealkylation sites (tertiary alicyclic amines) is 1. The Labute approximate surface area is 132 Å². The maximum atomic E-state index is 12.8. The normalized spacial score (nSPS) is 19.2. The van der Waals surface area contributed by atoms with Gasteiger partial charge in [0.1, 0.15) is 0 Å². The number of sulfone groups is 1. The number of carbonyl (C=O) groups is 1. The topological polar surface area (TPSA) is 66.5 Å². The molecule has 2 rings (SSSR count). The fraction of sp³-hybridized carbons (Fsp3) is 0.562. The molecule has 1 N–H and O–H groups in total. The molecule has 0 bridgehead atoms. The van der Waals surface area contributed by atoms with Gasteiger partial charge in [0.25, 0.3) is 5.91 Å². The van der Waals surface area contributed by atoms with Gasteiger partial charge in [0, 0.05) is 13.1 Å². The number of amides is 1. The average Bonchev–Trinajstić information content (AvgIpc) is 2.55. The maximum absolute atomic E-state index is 12.8. The Morgan fingerprint density at radius 3 is 2.77 bits per heavy atom. The summed E-state index contributed by atoms with van der Waals surface area (Å²) in [7, 11) is -1.49. The SMILES string of the molecule is CCS(=O)(=O)c1ccccc1C(=O)N1CCCC(CNC)C1. The molecule has 0 aromatic heterocycles. The molecule has 1 saturated heterocycles. The Morgan fingerprint density at radius 2 is 2.09 bits per heavy atom. The van der Waals surface area contributed by atoms with Gasteiger partial charge in [0.15, 0.2) is 9.84 Å². The van der Waals surface area contributed by atoms with Crippen molar-refractivity contribution in [2.45, 2.75) is 24.7 Å². The molecule has 122 valence electrons. The van der Waals surface area contributed by atoms with Gasteiger partial charge in [-0.1, -0.05) is 19.1 Å². The largest absolute Gasteiger partial charge is 0.338 e. The molecule has 0 radical (unpaired) electrons. The molecule has 5 nitrogen and oxygen atoms in total. The Kier molecular flexibility index (Phi) is 5.58. The van der Waals surface area contributed by atoms with Gasteiger partial charge in [0.2, 0.25) is 0 Å².